The lowest BCUT2D eigenvalue weighted by Crippen LogP contribution is -2.28. The van der Waals surface area contributed by atoms with E-state index in [1.54, 1.807) is 7.11 Å². The van der Waals surface area contributed by atoms with Gasteiger partial charge in [0.1, 0.15) is 6.29 Å². The summed E-state index contributed by atoms with van der Waals surface area (Å²) in [5.41, 5.74) is -0.345. The van der Waals surface area contributed by atoms with Crippen molar-refractivity contribution in [2.45, 2.75) is 38.4 Å². The van der Waals surface area contributed by atoms with Crippen molar-refractivity contribution >= 4 is 6.29 Å². The Hall–Kier alpha value is -0.410. The van der Waals surface area contributed by atoms with E-state index in [1.165, 1.54) is 0 Å². The summed E-state index contributed by atoms with van der Waals surface area (Å²) < 4.78 is 5.08. The SMILES string of the molecule is COC(C)(C)CC(O)CC=O. The third-order valence-electron chi connectivity index (χ3n) is 1.65. The second-order valence-electron chi connectivity index (χ2n) is 3.22. The smallest absolute Gasteiger partial charge is 0.122 e. The summed E-state index contributed by atoms with van der Waals surface area (Å²) in [6.45, 7) is 3.75. The van der Waals surface area contributed by atoms with Gasteiger partial charge in [-0.15, -0.1) is 0 Å². The van der Waals surface area contributed by atoms with Crippen LogP contribution in [-0.2, 0) is 9.53 Å². The fourth-order valence-corrected chi connectivity index (χ4v) is 0.845. The van der Waals surface area contributed by atoms with Crippen molar-refractivity contribution in [3.8, 4) is 0 Å². The highest BCUT2D eigenvalue weighted by molar-refractivity contribution is 5.50. The monoisotopic (exact) mass is 160 g/mol. The van der Waals surface area contributed by atoms with Gasteiger partial charge in [0.15, 0.2) is 0 Å². The number of methoxy groups -OCH3 is 1. The Bertz CT molecular complexity index is 121. The van der Waals surface area contributed by atoms with E-state index in [0.29, 0.717) is 6.42 Å². The molecule has 1 atom stereocenters. The fourth-order valence-electron chi connectivity index (χ4n) is 0.845. The van der Waals surface area contributed by atoms with Crippen LogP contribution < -0.4 is 0 Å². The maximum atomic E-state index is 9.99. The molecule has 3 nitrogen and oxygen atoms in total. The highest BCUT2D eigenvalue weighted by atomic mass is 16.5. The summed E-state index contributed by atoms with van der Waals surface area (Å²) in [6.07, 6.45) is 0.813. The first-order chi connectivity index (χ1) is 5.02. The molecule has 0 fully saturated rings. The lowest BCUT2D eigenvalue weighted by molar-refractivity contribution is -0.110. The molecular formula is C8H16O3. The van der Waals surface area contributed by atoms with Gasteiger partial charge < -0.3 is 14.6 Å². The molecule has 0 aromatic heterocycles. The molecule has 0 aliphatic rings. The zero-order chi connectivity index (χ0) is 8.91. The number of rotatable bonds is 5. The van der Waals surface area contributed by atoms with Gasteiger partial charge in [0.05, 0.1) is 11.7 Å². The summed E-state index contributed by atoms with van der Waals surface area (Å²) in [5, 5.41) is 9.20. The van der Waals surface area contributed by atoms with Gasteiger partial charge in [-0.3, -0.25) is 0 Å². The van der Waals surface area contributed by atoms with Gasteiger partial charge in [-0.05, 0) is 13.8 Å². The van der Waals surface area contributed by atoms with Gasteiger partial charge >= 0.3 is 0 Å². The molecule has 3 heteroatoms. The van der Waals surface area contributed by atoms with Crippen LogP contribution in [0.3, 0.4) is 0 Å². The maximum Gasteiger partial charge on any atom is 0.122 e. The van der Waals surface area contributed by atoms with Crippen LogP contribution in [0.25, 0.3) is 0 Å². The van der Waals surface area contributed by atoms with Crippen molar-refractivity contribution in [3.05, 3.63) is 0 Å². The third-order valence-corrected chi connectivity index (χ3v) is 1.65. The van der Waals surface area contributed by atoms with Gasteiger partial charge in [-0.25, -0.2) is 0 Å². The van der Waals surface area contributed by atoms with Gasteiger partial charge in [-0.2, -0.15) is 0 Å². The number of hydrogen-bond acceptors (Lipinski definition) is 3. The zero-order valence-electron chi connectivity index (χ0n) is 7.33. The Morgan fingerprint density at radius 1 is 1.64 bits per heavy atom. The first-order valence-electron chi connectivity index (χ1n) is 3.68. The molecule has 1 N–H and O–H groups in total. The molecule has 66 valence electrons. The van der Waals surface area contributed by atoms with Crippen LogP contribution in [0.4, 0.5) is 0 Å². The van der Waals surface area contributed by atoms with Gasteiger partial charge in [0.2, 0.25) is 0 Å². The van der Waals surface area contributed by atoms with Gasteiger partial charge in [0.25, 0.3) is 0 Å². The maximum absolute atomic E-state index is 9.99. The predicted octanol–water partition coefficient (Wildman–Crippen LogP) is 0.751. The molecule has 0 rings (SSSR count). The molecule has 0 saturated heterocycles. The van der Waals surface area contributed by atoms with E-state index >= 15 is 0 Å². The second kappa shape index (κ2) is 4.46. The van der Waals surface area contributed by atoms with E-state index in [2.05, 4.69) is 0 Å². The topological polar surface area (TPSA) is 46.5 Å². The van der Waals surface area contributed by atoms with Crippen LogP contribution >= 0.6 is 0 Å². The van der Waals surface area contributed by atoms with Crippen LogP contribution in [0.15, 0.2) is 0 Å². The molecule has 0 aliphatic heterocycles. The standard InChI is InChI=1S/C8H16O3/c1-8(2,11-3)6-7(10)4-5-9/h5,7,10H,4,6H2,1-3H3. The Labute approximate surface area is 67.4 Å². The molecule has 0 aromatic rings. The quantitative estimate of drug-likeness (QED) is 0.604. The molecule has 0 aromatic carbocycles. The first-order valence-corrected chi connectivity index (χ1v) is 3.68. The lowest BCUT2D eigenvalue weighted by Gasteiger charge is -2.24. The summed E-state index contributed by atoms with van der Waals surface area (Å²) in [7, 11) is 1.59. The van der Waals surface area contributed by atoms with E-state index < -0.39 is 6.10 Å². The summed E-state index contributed by atoms with van der Waals surface area (Å²) in [5.74, 6) is 0. The number of aldehydes is 1. The number of carbonyl (C=O) groups excluding carboxylic acids is 1. The average molecular weight is 160 g/mol. The minimum atomic E-state index is -0.581. The Morgan fingerprint density at radius 3 is 2.55 bits per heavy atom. The van der Waals surface area contributed by atoms with Crippen LogP contribution in [0.5, 0.6) is 0 Å². The van der Waals surface area contributed by atoms with Crippen molar-refractivity contribution in [2.75, 3.05) is 7.11 Å². The lowest BCUT2D eigenvalue weighted by atomic mass is 9.99. The Morgan fingerprint density at radius 2 is 2.18 bits per heavy atom. The molecule has 0 spiro atoms. The number of ether oxygens (including phenoxy) is 1. The van der Waals surface area contributed by atoms with Crippen LogP contribution in [0.1, 0.15) is 26.7 Å². The third kappa shape index (κ3) is 4.93. The van der Waals surface area contributed by atoms with Crippen molar-refractivity contribution in [3.63, 3.8) is 0 Å². The van der Waals surface area contributed by atoms with Crippen LogP contribution in [0, 0.1) is 0 Å². The van der Waals surface area contributed by atoms with Crippen molar-refractivity contribution in [1.82, 2.24) is 0 Å². The predicted molar refractivity (Wildman–Crippen MR) is 42.4 cm³/mol. The van der Waals surface area contributed by atoms with Gasteiger partial charge in [-0.1, -0.05) is 0 Å². The second-order valence-corrected chi connectivity index (χ2v) is 3.22. The Kier molecular flexibility index (Phi) is 4.30. The highest BCUT2D eigenvalue weighted by Gasteiger charge is 2.20. The minimum absolute atomic E-state index is 0.187. The zero-order valence-corrected chi connectivity index (χ0v) is 7.33. The van der Waals surface area contributed by atoms with Crippen LogP contribution in [0.2, 0.25) is 0 Å². The molecule has 0 radical (unpaired) electrons. The molecule has 11 heavy (non-hydrogen) atoms. The fraction of sp³-hybridized carbons (Fsp3) is 0.875. The van der Waals surface area contributed by atoms with E-state index in [-0.39, 0.29) is 12.0 Å². The number of hydrogen-bond donors (Lipinski definition) is 1. The van der Waals surface area contributed by atoms with Crippen molar-refractivity contribution < 1.29 is 14.6 Å². The molecule has 0 heterocycles. The van der Waals surface area contributed by atoms with E-state index in [9.17, 15) is 9.90 Å². The van der Waals surface area contributed by atoms with Crippen molar-refractivity contribution in [2.24, 2.45) is 0 Å². The Balaban J connectivity index is 3.72. The molecule has 0 bridgehead atoms. The van der Waals surface area contributed by atoms with E-state index in [1.807, 2.05) is 13.8 Å². The molecular weight excluding hydrogens is 144 g/mol. The molecule has 0 aliphatic carbocycles. The van der Waals surface area contributed by atoms with Crippen molar-refractivity contribution in [1.29, 1.82) is 0 Å². The summed E-state index contributed by atoms with van der Waals surface area (Å²) in [4.78, 5) is 9.99. The largest absolute Gasteiger partial charge is 0.393 e. The molecule has 0 amide bonds. The molecule has 1 unspecified atom stereocenters. The normalized spacial score (nSPS) is 14.5. The summed E-state index contributed by atoms with van der Waals surface area (Å²) >= 11 is 0. The first kappa shape index (κ1) is 10.6. The number of aliphatic hydroxyl groups is 1. The van der Waals surface area contributed by atoms with Crippen LogP contribution in [-0.4, -0.2) is 30.2 Å². The number of aliphatic hydroxyl groups excluding tert-OH is 1. The number of carbonyl (C=O) groups is 1. The summed E-state index contributed by atoms with van der Waals surface area (Å²) in [6, 6.07) is 0. The molecule has 0 saturated carbocycles. The average Bonchev–Trinajstić information content (AvgIpc) is 1.87. The van der Waals surface area contributed by atoms with E-state index in [4.69, 9.17) is 4.74 Å². The van der Waals surface area contributed by atoms with E-state index in [0.717, 1.165) is 6.29 Å². The highest BCUT2D eigenvalue weighted by Crippen LogP contribution is 2.16. The van der Waals surface area contributed by atoms with Gasteiger partial charge in [0, 0.05) is 20.0 Å². The minimum Gasteiger partial charge on any atom is -0.393 e.